The molecule has 1 amide bonds. The molecule has 0 fully saturated rings. The lowest BCUT2D eigenvalue weighted by Crippen LogP contribution is -2.34. The topological polar surface area (TPSA) is 58.6 Å². The van der Waals surface area contributed by atoms with Crippen molar-refractivity contribution >= 4 is 5.91 Å². The predicted molar refractivity (Wildman–Crippen MR) is 66.2 cm³/mol. The first-order chi connectivity index (χ1) is 8.68. The van der Waals surface area contributed by atoms with E-state index >= 15 is 0 Å². The molecular formula is C13H16N2O3. The van der Waals surface area contributed by atoms with Crippen molar-refractivity contribution < 1.29 is 13.6 Å². The van der Waals surface area contributed by atoms with E-state index in [1.165, 1.54) is 12.5 Å². The van der Waals surface area contributed by atoms with Gasteiger partial charge in [0.25, 0.3) is 5.91 Å². The van der Waals surface area contributed by atoms with E-state index in [9.17, 15) is 4.79 Å². The molecule has 2 aromatic heterocycles. The van der Waals surface area contributed by atoms with Crippen LogP contribution in [0, 0.1) is 0 Å². The summed E-state index contributed by atoms with van der Waals surface area (Å²) in [5.74, 6) is 0.676. The maximum absolute atomic E-state index is 11.8. The number of likely N-dealkylation sites (N-methyl/N-ethyl adjacent to an activating group) is 1. The van der Waals surface area contributed by atoms with Crippen molar-refractivity contribution in [2.45, 2.75) is 6.04 Å². The zero-order valence-corrected chi connectivity index (χ0v) is 10.4. The molecule has 0 saturated carbocycles. The standard InChI is InChI=1S/C13H16N2O3/c1-15(2)11(12-4-3-6-18-12)8-14-13(16)10-5-7-17-9-10/h3-7,9,11H,8H2,1-2H3,(H,14,16). The highest BCUT2D eigenvalue weighted by molar-refractivity contribution is 5.93. The molecule has 2 heterocycles. The molecule has 0 radical (unpaired) electrons. The number of hydrogen-bond acceptors (Lipinski definition) is 4. The zero-order chi connectivity index (χ0) is 13.0. The second-order valence-corrected chi connectivity index (χ2v) is 4.22. The molecule has 0 bridgehead atoms. The minimum Gasteiger partial charge on any atom is -0.472 e. The van der Waals surface area contributed by atoms with E-state index in [2.05, 4.69) is 5.32 Å². The van der Waals surface area contributed by atoms with E-state index in [1.807, 2.05) is 31.1 Å². The Kier molecular flexibility index (Phi) is 3.84. The number of carbonyl (C=O) groups is 1. The van der Waals surface area contributed by atoms with E-state index in [-0.39, 0.29) is 11.9 Å². The van der Waals surface area contributed by atoms with Gasteiger partial charge >= 0.3 is 0 Å². The molecule has 0 aromatic carbocycles. The second-order valence-electron chi connectivity index (χ2n) is 4.22. The van der Waals surface area contributed by atoms with Crippen LogP contribution in [-0.2, 0) is 0 Å². The van der Waals surface area contributed by atoms with Crippen LogP contribution in [0.4, 0.5) is 0 Å². The molecule has 18 heavy (non-hydrogen) atoms. The Morgan fingerprint density at radius 3 is 2.78 bits per heavy atom. The minimum absolute atomic E-state index is 0.0100. The molecule has 0 aliphatic carbocycles. The summed E-state index contributed by atoms with van der Waals surface area (Å²) in [6.07, 6.45) is 4.53. The second kappa shape index (κ2) is 5.55. The zero-order valence-electron chi connectivity index (χ0n) is 10.4. The number of carbonyl (C=O) groups excluding carboxylic acids is 1. The van der Waals surface area contributed by atoms with Gasteiger partial charge in [0.2, 0.25) is 0 Å². The Labute approximate surface area is 105 Å². The molecule has 5 heteroatoms. The van der Waals surface area contributed by atoms with Crippen LogP contribution < -0.4 is 5.32 Å². The highest BCUT2D eigenvalue weighted by atomic mass is 16.3. The molecule has 1 N–H and O–H groups in total. The van der Waals surface area contributed by atoms with Gasteiger partial charge in [-0.1, -0.05) is 0 Å². The maximum Gasteiger partial charge on any atom is 0.254 e. The third-order valence-corrected chi connectivity index (χ3v) is 2.73. The summed E-state index contributed by atoms with van der Waals surface area (Å²) in [5, 5.41) is 2.85. The van der Waals surface area contributed by atoms with Gasteiger partial charge in [-0.05, 0) is 32.3 Å². The number of hydrogen-bond donors (Lipinski definition) is 1. The molecule has 1 atom stereocenters. The van der Waals surface area contributed by atoms with Crippen LogP contribution in [0.15, 0.2) is 45.8 Å². The van der Waals surface area contributed by atoms with Crippen LogP contribution in [0.2, 0.25) is 0 Å². The predicted octanol–water partition coefficient (Wildman–Crippen LogP) is 1.91. The summed E-state index contributed by atoms with van der Waals surface area (Å²) in [7, 11) is 3.88. The molecule has 0 aliphatic rings. The van der Waals surface area contributed by atoms with Crippen molar-refractivity contribution in [3.05, 3.63) is 48.3 Å². The number of nitrogens with zero attached hydrogens (tertiary/aromatic N) is 1. The highest BCUT2D eigenvalue weighted by Crippen LogP contribution is 2.17. The Hall–Kier alpha value is -2.01. The van der Waals surface area contributed by atoms with Crippen LogP contribution in [0.1, 0.15) is 22.2 Å². The summed E-state index contributed by atoms with van der Waals surface area (Å²) < 4.78 is 10.2. The van der Waals surface area contributed by atoms with Crippen molar-refractivity contribution in [3.63, 3.8) is 0 Å². The fourth-order valence-electron chi connectivity index (χ4n) is 1.70. The molecule has 2 aromatic rings. The van der Waals surface area contributed by atoms with Gasteiger partial charge < -0.3 is 14.2 Å². The van der Waals surface area contributed by atoms with Crippen LogP contribution >= 0.6 is 0 Å². The number of amides is 1. The van der Waals surface area contributed by atoms with Crippen molar-refractivity contribution in [2.75, 3.05) is 20.6 Å². The van der Waals surface area contributed by atoms with Gasteiger partial charge in [0.1, 0.15) is 12.0 Å². The molecule has 0 spiro atoms. The Bertz CT molecular complexity index is 474. The van der Waals surface area contributed by atoms with E-state index in [1.54, 1.807) is 12.3 Å². The highest BCUT2D eigenvalue weighted by Gasteiger charge is 2.18. The van der Waals surface area contributed by atoms with Crippen molar-refractivity contribution in [1.82, 2.24) is 10.2 Å². The summed E-state index contributed by atoms with van der Waals surface area (Å²) in [6.45, 7) is 0.477. The van der Waals surface area contributed by atoms with Gasteiger partial charge in [0, 0.05) is 6.54 Å². The Morgan fingerprint density at radius 2 is 2.22 bits per heavy atom. The lowest BCUT2D eigenvalue weighted by molar-refractivity contribution is 0.0938. The normalized spacial score (nSPS) is 12.6. The third kappa shape index (κ3) is 2.81. The average molecular weight is 248 g/mol. The van der Waals surface area contributed by atoms with E-state index in [0.717, 1.165) is 5.76 Å². The molecule has 0 aliphatic heterocycles. The van der Waals surface area contributed by atoms with E-state index in [0.29, 0.717) is 12.1 Å². The number of nitrogens with one attached hydrogen (secondary N) is 1. The number of rotatable bonds is 5. The summed E-state index contributed by atoms with van der Waals surface area (Å²) in [4.78, 5) is 13.8. The SMILES string of the molecule is CN(C)C(CNC(=O)c1ccoc1)c1ccco1. The minimum atomic E-state index is -0.151. The first-order valence-electron chi connectivity index (χ1n) is 5.68. The first kappa shape index (κ1) is 12.4. The van der Waals surface area contributed by atoms with Crippen molar-refractivity contribution in [2.24, 2.45) is 0 Å². The smallest absolute Gasteiger partial charge is 0.254 e. The van der Waals surface area contributed by atoms with Gasteiger partial charge in [-0.25, -0.2) is 0 Å². The van der Waals surface area contributed by atoms with E-state index in [4.69, 9.17) is 8.83 Å². The molecule has 1 unspecified atom stereocenters. The molecule has 5 nitrogen and oxygen atoms in total. The van der Waals surface area contributed by atoms with Crippen LogP contribution in [0.3, 0.4) is 0 Å². The third-order valence-electron chi connectivity index (χ3n) is 2.73. The number of furan rings is 2. The van der Waals surface area contributed by atoms with Crippen molar-refractivity contribution in [1.29, 1.82) is 0 Å². The first-order valence-corrected chi connectivity index (χ1v) is 5.68. The summed E-state index contributed by atoms with van der Waals surface area (Å²) in [5.41, 5.74) is 0.520. The fourth-order valence-corrected chi connectivity index (χ4v) is 1.70. The molecule has 2 rings (SSSR count). The molecule has 0 saturated heterocycles. The van der Waals surface area contributed by atoms with E-state index < -0.39 is 0 Å². The molecule has 96 valence electrons. The van der Waals surface area contributed by atoms with Gasteiger partial charge in [-0.15, -0.1) is 0 Å². The Morgan fingerprint density at radius 1 is 1.39 bits per heavy atom. The van der Waals surface area contributed by atoms with Crippen LogP contribution in [0.5, 0.6) is 0 Å². The largest absolute Gasteiger partial charge is 0.472 e. The monoisotopic (exact) mass is 248 g/mol. The maximum atomic E-state index is 11.8. The summed E-state index contributed by atoms with van der Waals surface area (Å²) in [6, 6.07) is 5.38. The van der Waals surface area contributed by atoms with Crippen molar-refractivity contribution in [3.8, 4) is 0 Å². The fraction of sp³-hybridized carbons (Fsp3) is 0.308. The Balaban J connectivity index is 1.97. The average Bonchev–Trinajstić information content (AvgIpc) is 3.01. The quantitative estimate of drug-likeness (QED) is 0.878. The summed E-state index contributed by atoms with van der Waals surface area (Å²) >= 11 is 0. The van der Waals surface area contributed by atoms with Gasteiger partial charge in [-0.2, -0.15) is 0 Å². The lowest BCUT2D eigenvalue weighted by Gasteiger charge is -2.22. The van der Waals surface area contributed by atoms with Crippen LogP contribution in [-0.4, -0.2) is 31.4 Å². The van der Waals surface area contributed by atoms with Gasteiger partial charge in [0.15, 0.2) is 0 Å². The molecular weight excluding hydrogens is 232 g/mol. The lowest BCUT2D eigenvalue weighted by atomic mass is 10.2. The van der Waals surface area contributed by atoms with Crippen LogP contribution in [0.25, 0.3) is 0 Å². The van der Waals surface area contributed by atoms with Gasteiger partial charge in [-0.3, -0.25) is 9.69 Å². The van der Waals surface area contributed by atoms with Gasteiger partial charge in [0.05, 0.1) is 24.1 Å².